The number of aromatic amines is 1. The van der Waals surface area contributed by atoms with Crippen LogP contribution in [0.15, 0.2) is 11.2 Å². The van der Waals surface area contributed by atoms with Gasteiger partial charge in [0.25, 0.3) is 10.0 Å². The molecule has 7 nitrogen and oxygen atoms in total. The fourth-order valence-electron chi connectivity index (χ4n) is 2.27. The maximum atomic E-state index is 11.9. The van der Waals surface area contributed by atoms with E-state index in [1.54, 1.807) is 6.92 Å². The standard InChI is InChI=1S/C12H22N4O3S/c1-9-14-8-12(16-9)20(17,18)15-6-7-19-11-4-2-10(13)3-5-11/h8,10-11,15H,2-7,13H2,1H3,(H,14,16). The molecule has 1 aromatic heterocycles. The zero-order valence-corrected chi connectivity index (χ0v) is 12.4. The molecule has 0 amide bonds. The summed E-state index contributed by atoms with van der Waals surface area (Å²) in [6.45, 7) is 2.32. The fraction of sp³-hybridized carbons (Fsp3) is 0.750. The summed E-state index contributed by atoms with van der Waals surface area (Å²) in [6.07, 6.45) is 5.37. The molecular formula is C12H22N4O3S. The summed E-state index contributed by atoms with van der Waals surface area (Å²) in [5.74, 6) is 0.570. The molecule has 4 N–H and O–H groups in total. The Labute approximate surface area is 119 Å². The lowest BCUT2D eigenvalue weighted by molar-refractivity contribution is 0.0287. The number of nitrogens with zero attached hydrogens (tertiary/aromatic N) is 1. The molecular weight excluding hydrogens is 280 g/mol. The molecule has 1 aliphatic rings. The van der Waals surface area contributed by atoms with E-state index in [-0.39, 0.29) is 23.7 Å². The molecule has 0 aliphatic heterocycles. The first-order chi connectivity index (χ1) is 9.47. The number of aryl methyl sites for hydroxylation is 1. The van der Waals surface area contributed by atoms with Gasteiger partial charge in [-0.25, -0.2) is 18.1 Å². The highest BCUT2D eigenvalue weighted by molar-refractivity contribution is 7.89. The van der Waals surface area contributed by atoms with Crippen molar-refractivity contribution < 1.29 is 13.2 Å². The zero-order valence-electron chi connectivity index (χ0n) is 11.6. The highest BCUT2D eigenvalue weighted by atomic mass is 32.2. The van der Waals surface area contributed by atoms with E-state index in [4.69, 9.17) is 10.5 Å². The third-order valence-corrected chi connectivity index (χ3v) is 4.81. The van der Waals surface area contributed by atoms with Gasteiger partial charge in [0.15, 0.2) is 5.03 Å². The van der Waals surface area contributed by atoms with Gasteiger partial charge in [-0.3, -0.25) is 0 Å². The van der Waals surface area contributed by atoms with Crippen molar-refractivity contribution >= 4 is 10.0 Å². The average Bonchev–Trinajstić information content (AvgIpc) is 2.84. The number of rotatable bonds is 6. The van der Waals surface area contributed by atoms with Crippen LogP contribution >= 0.6 is 0 Å². The molecule has 8 heteroatoms. The van der Waals surface area contributed by atoms with Crippen LogP contribution < -0.4 is 10.5 Å². The molecule has 1 aliphatic carbocycles. The molecule has 114 valence electrons. The monoisotopic (exact) mass is 302 g/mol. The molecule has 2 rings (SSSR count). The van der Waals surface area contributed by atoms with Gasteiger partial charge in [0.2, 0.25) is 0 Å². The van der Waals surface area contributed by atoms with Crippen molar-refractivity contribution in [2.24, 2.45) is 5.73 Å². The van der Waals surface area contributed by atoms with Crippen LogP contribution in [0.5, 0.6) is 0 Å². The first-order valence-corrected chi connectivity index (χ1v) is 8.34. The number of H-pyrrole nitrogens is 1. The van der Waals surface area contributed by atoms with E-state index in [9.17, 15) is 8.42 Å². The molecule has 0 saturated heterocycles. The Morgan fingerprint density at radius 1 is 1.45 bits per heavy atom. The molecule has 0 spiro atoms. The number of ether oxygens (including phenoxy) is 1. The summed E-state index contributed by atoms with van der Waals surface area (Å²) in [6, 6.07) is 0.289. The van der Waals surface area contributed by atoms with Gasteiger partial charge >= 0.3 is 0 Å². The van der Waals surface area contributed by atoms with Crippen LogP contribution in [-0.2, 0) is 14.8 Å². The minimum Gasteiger partial charge on any atom is -0.377 e. The van der Waals surface area contributed by atoms with Crippen molar-refractivity contribution in [1.82, 2.24) is 14.7 Å². The molecule has 0 radical (unpaired) electrons. The molecule has 20 heavy (non-hydrogen) atoms. The van der Waals surface area contributed by atoms with E-state index in [0.29, 0.717) is 12.4 Å². The van der Waals surface area contributed by atoms with E-state index in [1.807, 2.05) is 0 Å². The highest BCUT2D eigenvalue weighted by Crippen LogP contribution is 2.19. The van der Waals surface area contributed by atoms with Crippen molar-refractivity contribution in [1.29, 1.82) is 0 Å². The fourth-order valence-corrected chi connectivity index (χ4v) is 3.25. The molecule has 0 atom stereocenters. The number of nitrogens with one attached hydrogen (secondary N) is 2. The molecule has 1 heterocycles. The van der Waals surface area contributed by atoms with Gasteiger partial charge in [-0.2, -0.15) is 0 Å². The van der Waals surface area contributed by atoms with E-state index >= 15 is 0 Å². The number of hydrogen-bond donors (Lipinski definition) is 3. The van der Waals surface area contributed by atoms with Crippen LogP contribution in [0.25, 0.3) is 0 Å². The van der Waals surface area contributed by atoms with Crippen LogP contribution in [0, 0.1) is 6.92 Å². The number of sulfonamides is 1. The second kappa shape index (κ2) is 6.66. The average molecular weight is 302 g/mol. The van der Waals surface area contributed by atoms with Crippen molar-refractivity contribution in [3.05, 3.63) is 12.0 Å². The smallest absolute Gasteiger partial charge is 0.257 e. The topological polar surface area (TPSA) is 110 Å². The van der Waals surface area contributed by atoms with Crippen molar-refractivity contribution in [2.75, 3.05) is 13.2 Å². The normalized spacial score (nSPS) is 23.9. The molecule has 1 saturated carbocycles. The quantitative estimate of drug-likeness (QED) is 0.654. The van der Waals surface area contributed by atoms with Crippen LogP contribution in [0.4, 0.5) is 0 Å². The summed E-state index contributed by atoms with van der Waals surface area (Å²) < 4.78 is 31.9. The van der Waals surface area contributed by atoms with E-state index in [0.717, 1.165) is 25.7 Å². The van der Waals surface area contributed by atoms with Crippen molar-refractivity contribution in [2.45, 2.75) is 49.8 Å². The van der Waals surface area contributed by atoms with Crippen molar-refractivity contribution in [3.8, 4) is 0 Å². The predicted molar refractivity (Wildman–Crippen MR) is 74.7 cm³/mol. The Morgan fingerprint density at radius 2 is 2.15 bits per heavy atom. The number of nitrogens with two attached hydrogens (primary N) is 1. The molecule has 0 aromatic carbocycles. The van der Waals surface area contributed by atoms with Crippen molar-refractivity contribution in [3.63, 3.8) is 0 Å². The third kappa shape index (κ3) is 4.27. The van der Waals surface area contributed by atoms with E-state index < -0.39 is 10.0 Å². The molecule has 0 unspecified atom stereocenters. The van der Waals surface area contributed by atoms with Gasteiger partial charge in [0.05, 0.1) is 18.9 Å². The lowest BCUT2D eigenvalue weighted by Crippen LogP contribution is -2.33. The molecule has 1 aromatic rings. The van der Waals surface area contributed by atoms with Gasteiger partial charge in [-0.15, -0.1) is 0 Å². The lowest BCUT2D eigenvalue weighted by atomic mass is 9.94. The maximum absolute atomic E-state index is 11.9. The van der Waals surface area contributed by atoms with Crippen LogP contribution in [0.3, 0.4) is 0 Å². The lowest BCUT2D eigenvalue weighted by Gasteiger charge is -2.26. The summed E-state index contributed by atoms with van der Waals surface area (Å²) in [5, 5.41) is 0.0821. The summed E-state index contributed by atoms with van der Waals surface area (Å²) in [7, 11) is -3.52. The Hall–Kier alpha value is -0.960. The first-order valence-electron chi connectivity index (χ1n) is 6.86. The maximum Gasteiger partial charge on any atom is 0.257 e. The van der Waals surface area contributed by atoms with Gasteiger partial charge < -0.3 is 15.5 Å². The largest absolute Gasteiger partial charge is 0.377 e. The Bertz CT molecular complexity index is 521. The van der Waals surface area contributed by atoms with Gasteiger partial charge in [0.1, 0.15) is 5.82 Å². The van der Waals surface area contributed by atoms with E-state index in [1.165, 1.54) is 6.20 Å². The number of aromatic nitrogens is 2. The Kier molecular flexibility index (Phi) is 5.14. The van der Waals surface area contributed by atoms with Crippen LogP contribution in [0.2, 0.25) is 0 Å². The van der Waals surface area contributed by atoms with Gasteiger partial charge in [0, 0.05) is 12.6 Å². The van der Waals surface area contributed by atoms with Crippen LogP contribution in [0.1, 0.15) is 31.5 Å². The molecule has 1 fully saturated rings. The second-order valence-corrected chi connectivity index (χ2v) is 6.87. The third-order valence-electron chi connectivity index (χ3n) is 3.44. The summed E-state index contributed by atoms with van der Waals surface area (Å²) in [4.78, 5) is 6.57. The summed E-state index contributed by atoms with van der Waals surface area (Å²) in [5.41, 5.74) is 5.82. The minimum absolute atomic E-state index is 0.0821. The van der Waals surface area contributed by atoms with Crippen LogP contribution in [-0.4, -0.2) is 43.7 Å². The minimum atomic E-state index is -3.52. The van der Waals surface area contributed by atoms with Gasteiger partial charge in [-0.05, 0) is 32.6 Å². The zero-order chi connectivity index (χ0) is 14.6. The SMILES string of the molecule is Cc1ncc(S(=O)(=O)NCCOC2CCC(N)CC2)[nH]1. The van der Waals surface area contributed by atoms with E-state index in [2.05, 4.69) is 14.7 Å². The molecule has 0 bridgehead atoms. The van der Waals surface area contributed by atoms with Gasteiger partial charge in [-0.1, -0.05) is 0 Å². The first kappa shape index (κ1) is 15.4. The Morgan fingerprint density at radius 3 is 2.75 bits per heavy atom. The number of imidazole rings is 1. The summed E-state index contributed by atoms with van der Waals surface area (Å²) >= 11 is 0. The Balaban J connectivity index is 1.70. The number of hydrogen-bond acceptors (Lipinski definition) is 5. The second-order valence-electron chi connectivity index (χ2n) is 5.14. The highest BCUT2D eigenvalue weighted by Gasteiger charge is 2.19. The predicted octanol–water partition coefficient (Wildman–Crippen LogP) is 0.283.